The molecule has 0 unspecified atom stereocenters. The van der Waals surface area contributed by atoms with E-state index in [1.807, 2.05) is 18.2 Å². The monoisotopic (exact) mass is 359 g/mol. The van der Waals surface area contributed by atoms with Crippen molar-refractivity contribution in [3.8, 4) is 0 Å². The van der Waals surface area contributed by atoms with E-state index in [-0.39, 0.29) is 12.6 Å². The smallest absolute Gasteiger partial charge is 0.0977 e. The van der Waals surface area contributed by atoms with Crippen molar-refractivity contribution >= 4 is 0 Å². The summed E-state index contributed by atoms with van der Waals surface area (Å²) in [6, 6.07) is 31.7. The Labute approximate surface area is 160 Å². The van der Waals surface area contributed by atoms with Crippen molar-refractivity contribution in [3.05, 3.63) is 108 Å². The molecule has 1 atom stereocenters. The second-order valence-electron chi connectivity index (χ2n) is 6.91. The summed E-state index contributed by atoms with van der Waals surface area (Å²) in [5.74, 6) is 0. The van der Waals surface area contributed by atoms with E-state index in [1.54, 1.807) is 0 Å². The fourth-order valence-electron chi connectivity index (χ4n) is 4.28. The molecule has 1 N–H and O–H groups in total. The van der Waals surface area contributed by atoms with Crippen molar-refractivity contribution < 1.29 is 9.84 Å². The van der Waals surface area contributed by atoms with Gasteiger partial charge in [-0.2, -0.15) is 0 Å². The molecule has 0 saturated carbocycles. The van der Waals surface area contributed by atoms with Crippen LogP contribution in [0.1, 0.15) is 16.7 Å². The zero-order valence-electron chi connectivity index (χ0n) is 15.4. The maximum absolute atomic E-state index is 10.1. The Bertz CT molecular complexity index is 739. The standard InChI is InChI=1S/C24H25NO2/c26-18-23-19-27-17-16-25(23)24(20-10-4-1-5-11-20,21-12-6-2-7-13-21)22-14-8-3-9-15-22/h1-15,23,26H,16-19H2/t23-/m0/s1. The van der Waals surface area contributed by atoms with Crippen LogP contribution >= 0.6 is 0 Å². The van der Waals surface area contributed by atoms with Crippen molar-refractivity contribution in [2.24, 2.45) is 0 Å². The summed E-state index contributed by atoms with van der Waals surface area (Å²) >= 11 is 0. The van der Waals surface area contributed by atoms with Gasteiger partial charge in [0, 0.05) is 6.54 Å². The van der Waals surface area contributed by atoms with Gasteiger partial charge in [0.1, 0.15) is 0 Å². The Kier molecular flexibility index (Phi) is 5.35. The van der Waals surface area contributed by atoms with Crippen molar-refractivity contribution in [3.63, 3.8) is 0 Å². The first-order valence-electron chi connectivity index (χ1n) is 9.49. The summed E-state index contributed by atoms with van der Waals surface area (Å²) in [5, 5.41) is 10.1. The summed E-state index contributed by atoms with van der Waals surface area (Å²) in [7, 11) is 0. The molecule has 138 valence electrons. The molecule has 27 heavy (non-hydrogen) atoms. The Balaban J connectivity index is 2.03. The van der Waals surface area contributed by atoms with E-state index in [1.165, 1.54) is 16.7 Å². The maximum Gasteiger partial charge on any atom is 0.0977 e. The Morgan fingerprint density at radius 1 is 0.778 bits per heavy atom. The molecule has 1 aliphatic heterocycles. The third-order valence-electron chi connectivity index (χ3n) is 5.44. The van der Waals surface area contributed by atoms with Gasteiger partial charge in [0.05, 0.1) is 31.4 Å². The Morgan fingerprint density at radius 2 is 1.22 bits per heavy atom. The molecular formula is C24H25NO2. The summed E-state index contributed by atoms with van der Waals surface area (Å²) in [5.41, 5.74) is 3.11. The molecule has 1 aliphatic rings. The highest BCUT2D eigenvalue weighted by molar-refractivity contribution is 5.50. The minimum atomic E-state index is -0.485. The van der Waals surface area contributed by atoms with Crippen molar-refractivity contribution in [2.75, 3.05) is 26.4 Å². The van der Waals surface area contributed by atoms with E-state index in [4.69, 9.17) is 4.74 Å². The molecule has 0 spiro atoms. The Hall–Kier alpha value is -2.46. The van der Waals surface area contributed by atoms with Gasteiger partial charge in [0.2, 0.25) is 0 Å². The van der Waals surface area contributed by atoms with Crippen LogP contribution in [0.4, 0.5) is 0 Å². The molecule has 0 aromatic heterocycles. The van der Waals surface area contributed by atoms with Crippen molar-refractivity contribution in [1.82, 2.24) is 4.90 Å². The number of nitrogens with zero attached hydrogens (tertiary/aromatic N) is 1. The maximum atomic E-state index is 10.1. The quantitative estimate of drug-likeness (QED) is 0.706. The van der Waals surface area contributed by atoms with E-state index < -0.39 is 5.54 Å². The lowest BCUT2D eigenvalue weighted by molar-refractivity contribution is -0.0606. The number of benzene rings is 3. The second-order valence-corrected chi connectivity index (χ2v) is 6.91. The van der Waals surface area contributed by atoms with Gasteiger partial charge in [-0.3, -0.25) is 4.90 Å². The molecule has 0 radical (unpaired) electrons. The predicted molar refractivity (Wildman–Crippen MR) is 108 cm³/mol. The van der Waals surface area contributed by atoms with Gasteiger partial charge >= 0.3 is 0 Å². The fourth-order valence-corrected chi connectivity index (χ4v) is 4.28. The largest absolute Gasteiger partial charge is 0.395 e. The van der Waals surface area contributed by atoms with Gasteiger partial charge in [0.25, 0.3) is 0 Å². The minimum Gasteiger partial charge on any atom is -0.395 e. The first kappa shape index (κ1) is 17.9. The average Bonchev–Trinajstić information content (AvgIpc) is 2.77. The molecule has 3 aromatic rings. The summed E-state index contributed by atoms with van der Waals surface area (Å²) < 4.78 is 5.70. The normalized spacial score (nSPS) is 18.3. The molecule has 3 nitrogen and oxygen atoms in total. The topological polar surface area (TPSA) is 32.7 Å². The molecule has 1 saturated heterocycles. The summed E-state index contributed by atoms with van der Waals surface area (Å²) in [6.07, 6.45) is 0. The molecule has 0 bridgehead atoms. The van der Waals surface area contributed by atoms with Crippen LogP contribution in [-0.4, -0.2) is 42.4 Å². The molecular weight excluding hydrogens is 334 g/mol. The third-order valence-corrected chi connectivity index (χ3v) is 5.44. The SMILES string of the molecule is OC[C@H]1COCCN1C(c1ccccc1)(c1ccccc1)c1ccccc1. The molecule has 1 heterocycles. The zero-order valence-corrected chi connectivity index (χ0v) is 15.4. The molecule has 4 rings (SSSR count). The van der Waals surface area contributed by atoms with Gasteiger partial charge in [-0.1, -0.05) is 91.0 Å². The van der Waals surface area contributed by atoms with Crippen LogP contribution in [0, 0.1) is 0 Å². The van der Waals surface area contributed by atoms with Crippen LogP contribution in [0.25, 0.3) is 0 Å². The van der Waals surface area contributed by atoms with Crippen LogP contribution in [0.2, 0.25) is 0 Å². The van der Waals surface area contributed by atoms with Crippen molar-refractivity contribution in [2.45, 2.75) is 11.6 Å². The van der Waals surface area contributed by atoms with E-state index in [0.717, 1.165) is 6.54 Å². The third kappa shape index (κ3) is 3.19. The van der Waals surface area contributed by atoms with Crippen LogP contribution < -0.4 is 0 Å². The van der Waals surface area contributed by atoms with Crippen molar-refractivity contribution in [1.29, 1.82) is 0 Å². The molecule has 3 heteroatoms. The van der Waals surface area contributed by atoms with E-state index in [2.05, 4.69) is 77.7 Å². The molecule has 0 aliphatic carbocycles. The summed E-state index contributed by atoms with van der Waals surface area (Å²) in [4.78, 5) is 2.41. The number of hydrogen-bond acceptors (Lipinski definition) is 3. The first-order chi connectivity index (χ1) is 13.4. The lowest BCUT2D eigenvalue weighted by atomic mass is 9.74. The number of ether oxygens (including phenoxy) is 1. The van der Waals surface area contributed by atoms with E-state index >= 15 is 0 Å². The number of aliphatic hydroxyl groups excluding tert-OH is 1. The number of hydrogen-bond donors (Lipinski definition) is 1. The lowest BCUT2D eigenvalue weighted by Crippen LogP contribution is -2.59. The van der Waals surface area contributed by atoms with E-state index in [0.29, 0.717) is 13.2 Å². The summed E-state index contributed by atoms with van der Waals surface area (Å²) in [6.45, 7) is 2.01. The van der Waals surface area contributed by atoms with Crippen LogP contribution in [0.3, 0.4) is 0 Å². The number of morpholine rings is 1. The van der Waals surface area contributed by atoms with E-state index in [9.17, 15) is 5.11 Å². The van der Waals surface area contributed by atoms with Crippen LogP contribution in [-0.2, 0) is 10.3 Å². The van der Waals surface area contributed by atoms with Crippen LogP contribution in [0.15, 0.2) is 91.0 Å². The molecule has 3 aromatic carbocycles. The zero-order chi connectivity index (χ0) is 18.5. The number of rotatable bonds is 5. The van der Waals surface area contributed by atoms with Gasteiger partial charge < -0.3 is 9.84 Å². The van der Waals surface area contributed by atoms with Gasteiger partial charge in [-0.15, -0.1) is 0 Å². The second kappa shape index (κ2) is 8.05. The minimum absolute atomic E-state index is 0.0637. The van der Waals surface area contributed by atoms with Gasteiger partial charge in [-0.25, -0.2) is 0 Å². The lowest BCUT2D eigenvalue weighted by Gasteiger charge is -2.50. The van der Waals surface area contributed by atoms with Gasteiger partial charge in [-0.05, 0) is 16.7 Å². The first-order valence-corrected chi connectivity index (χ1v) is 9.49. The fraction of sp³-hybridized carbons (Fsp3) is 0.250. The van der Waals surface area contributed by atoms with Crippen LogP contribution in [0.5, 0.6) is 0 Å². The highest BCUT2D eigenvalue weighted by atomic mass is 16.5. The Morgan fingerprint density at radius 3 is 1.63 bits per heavy atom. The van der Waals surface area contributed by atoms with Gasteiger partial charge in [0.15, 0.2) is 0 Å². The highest BCUT2D eigenvalue weighted by Gasteiger charge is 2.45. The molecule has 0 amide bonds. The highest BCUT2D eigenvalue weighted by Crippen LogP contribution is 2.43. The number of aliphatic hydroxyl groups is 1. The average molecular weight is 359 g/mol. The predicted octanol–water partition coefficient (Wildman–Crippen LogP) is 3.67. The molecule has 1 fully saturated rings.